The number of para-hydroxylation sites is 1. The monoisotopic (exact) mass is 288 g/mol. The molecule has 0 saturated carbocycles. The lowest BCUT2D eigenvalue weighted by Crippen LogP contribution is -2.41. The Morgan fingerprint density at radius 2 is 2.00 bits per heavy atom. The van der Waals surface area contributed by atoms with Crippen molar-refractivity contribution < 1.29 is 19.1 Å². The van der Waals surface area contributed by atoms with E-state index in [1.54, 1.807) is 18.2 Å². The summed E-state index contributed by atoms with van der Waals surface area (Å²) in [7, 11) is 1.21. The molecule has 0 heterocycles. The third-order valence-corrected chi connectivity index (χ3v) is 2.60. The minimum atomic E-state index is -0.933. The highest BCUT2D eigenvalue weighted by molar-refractivity contribution is 6.04. The molecule has 0 unspecified atom stereocenters. The third kappa shape index (κ3) is 4.66. The maximum atomic E-state index is 12.2. The number of terminal acetylenes is 1. The van der Waals surface area contributed by atoms with E-state index in [4.69, 9.17) is 6.42 Å². The number of hydrogen-bond acceptors (Lipinski definition) is 4. The Labute approximate surface area is 122 Å². The molecule has 0 spiro atoms. The summed E-state index contributed by atoms with van der Waals surface area (Å²) in [4.78, 5) is 34.9. The maximum absolute atomic E-state index is 12.2. The zero-order valence-electron chi connectivity index (χ0n) is 11.8. The highest BCUT2D eigenvalue weighted by Crippen LogP contribution is 2.15. The van der Waals surface area contributed by atoms with Crippen molar-refractivity contribution >= 4 is 23.5 Å². The Morgan fingerprint density at radius 1 is 1.33 bits per heavy atom. The van der Waals surface area contributed by atoms with E-state index in [0.29, 0.717) is 5.69 Å². The summed E-state index contributed by atoms with van der Waals surface area (Å²) < 4.78 is 4.58. The lowest BCUT2D eigenvalue weighted by Gasteiger charge is -2.15. The lowest BCUT2D eigenvalue weighted by molar-refractivity contribution is -0.142. The Kier molecular flexibility index (Phi) is 5.96. The number of amides is 2. The summed E-state index contributed by atoms with van der Waals surface area (Å²) in [5.74, 6) is 0.849. The average Bonchev–Trinajstić information content (AvgIpc) is 2.45. The Morgan fingerprint density at radius 3 is 2.57 bits per heavy atom. The molecular formula is C15H16N2O4. The molecule has 1 rings (SSSR count). The topological polar surface area (TPSA) is 84.5 Å². The fourth-order valence-electron chi connectivity index (χ4n) is 1.67. The SMILES string of the molecule is C#CC[C@@H](NC(=O)c1ccccc1NC(C)=O)C(=O)OC. The van der Waals surface area contributed by atoms with Crippen molar-refractivity contribution in [2.45, 2.75) is 19.4 Å². The molecule has 0 fully saturated rings. The number of benzene rings is 1. The minimum absolute atomic E-state index is 0.0146. The molecule has 2 amide bonds. The molecule has 1 atom stereocenters. The molecule has 21 heavy (non-hydrogen) atoms. The van der Waals surface area contributed by atoms with Gasteiger partial charge in [-0.25, -0.2) is 4.79 Å². The molecule has 6 nitrogen and oxygen atoms in total. The molecule has 0 radical (unpaired) electrons. The van der Waals surface area contributed by atoms with Gasteiger partial charge < -0.3 is 15.4 Å². The van der Waals surface area contributed by atoms with Crippen molar-refractivity contribution in [2.75, 3.05) is 12.4 Å². The van der Waals surface area contributed by atoms with Gasteiger partial charge in [0.25, 0.3) is 5.91 Å². The van der Waals surface area contributed by atoms with Crippen LogP contribution in [0.15, 0.2) is 24.3 Å². The average molecular weight is 288 g/mol. The van der Waals surface area contributed by atoms with Crippen LogP contribution in [0.1, 0.15) is 23.7 Å². The molecule has 0 aliphatic heterocycles. The van der Waals surface area contributed by atoms with Gasteiger partial charge in [-0.3, -0.25) is 9.59 Å². The number of nitrogens with one attached hydrogen (secondary N) is 2. The number of carbonyl (C=O) groups is 3. The van der Waals surface area contributed by atoms with Crippen molar-refractivity contribution in [3.8, 4) is 12.3 Å². The van der Waals surface area contributed by atoms with Crippen molar-refractivity contribution in [3.05, 3.63) is 29.8 Å². The highest BCUT2D eigenvalue weighted by Gasteiger charge is 2.22. The molecule has 1 aromatic rings. The van der Waals surface area contributed by atoms with Crippen molar-refractivity contribution in [1.29, 1.82) is 0 Å². The first-order valence-electron chi connectivity index (χ1n) is 6.18. The van der Waals surface area contributed by atoms with Gasteiger partial charge in [0.1, 0.15) is 6.04 Å². The van der Waals surface area contributed by atoms with Gasteiger partial charge in [0.2, 0.25) is 5.91 Å². The fraction of sp³-hybridized carbons (Fsp3) is 0.267. The molecule has 0 aliphatic rings. The number of hydrogen-bond donors (Lipinski definition) is 2. The summed E-state index contributed by atoms with van der Waals surface area (Å²) in [5.41, 5.74) is 0.588. The van der Waals surface area contributed by atoms with Crippen molar-refractivity contribution in [1.82, 2.24) is 5.32 Å². The largest absolute Gasteiger partial charge is 0.467 e. The highest BCUT2D eigenvalue weighted by atomic mass is 16.5. The Hall–Kier alpha value is -2.81. The van der Waals surface area contributed by atoms with Gasteiger partial charge in [0.05, 0.1) is 18.4 Å². The first-order valence-corrected chi connectivity index (χ1v) is 6.18. The van der Waals surface area contributed by atoms with E-state index < -0.39 is 17.9 Å². The van der Waals surface area contributed by atoms with Gasteiger partial charge in [0.15, 0.2) is 0 Å². The van der Waals surface area contributed by atoms with E-state index in [-0.39, 0.29) is 17.9 Å². The van der Waals surface area contributed by atoms with Gasteiger partial charge in [0, 0.05) is 13.3 Å². The fourth-order valence-corrected chi connectivity index (χ4v) is 1.67. The summed E-state index contributed by atoms with van der Waals surface area (Å²) in [5, 5.41) is 5.04. The molecule has 1 aromatic carbocycles. The van der Waals surface area contributed by atoms with E-state index in [1.807, 2.05) is 0 Å². The number of ether oxygens (including phenoxy) is 1. The van der Waals surface area contributed by atoms with E-state index in [2.05, 4.69) is 21.3 Å². The molecular weight excluding hydrogens is 272 g/mol. The van der Waals surface area contributed by atoms with Crippen LogP contribution in [0.25, 0.3) is 0 Å². The van der Waals surface area contributed by atoms with Crippen molar-refractivity contribution in [3.63, 3.8) is 0 Å². The minimum Gasteiger partial charge on any atom is -0.467 e. The molecule has 6 heteroatoms. The van der Waals surface area contributed by atoms with Gasteiger partial charge in [-0.2, -0.15) is 0 Å². The first kappa shape index (κ1) is 16.2. The van der Waals surface area contributed by atoms with Crippen molar-refractivity contribution in [2.24, 2.45) is 0 Å². The summed E-state index contributed by atoms with van der Waals surface area (Å²) in [6.07, 6.45) is 5.18. The number of esters is 1. The number of carbonyl (C=O) groups excluding carboxylic acids is 3. The van der Waals surface area contributed by atoms with E-state index >= 15 is 0 Å². The number of anilines is 1. The zero-order valence-corrected chi connectivity index (χ0v) is 11.8. The van der Waals surface area contributed by atoms with Crippen LogP contribution in [0.4, 0.5) is 5.69 Å². The van der Waals surface area contributed by atoms with Gasteiger partial charge in [-0.1, -0.05) is 12.1 Å². The van der Waals surface area contributed by atoms with E-state index in [9.17, 15) is 14.4 Å². The van der Waals surface area contributed by atoms with Crippen LogP contribution in [0, 0.1) is 12.3 Å². The molecule has 0 bridgehead atoms. The van der Waals surface area contributed by atoms with E-state index in [1.165, 1.54) is 20.1 Å². The maximum Gasteiger partial charge on any atom is 0.329 e. The second-order valence-corrected chi connectivity index (χ2v) is 4.18. The van der Waals surface area contributed by atoms with Gasteiger partial charge in [-0.05, 0) is 12.1 Å². The Bertz CT molecular complexity index is 590. The van der Waals surface area contributed by atoms with E-state index in [0.717, 1.165) is 0 Å². The molecule has 0 aromatic heterocycles. The number of rotatable bonds is 5. The summed E-state index contributed by atoms with van der Waals surface area (Å²) in [6.45, 7) is 1.34. The van der Waals surface area contributed by atoms with Crippen LogP contribution in [0.3, 0.4) is 0 Å². The zero-order chi connectivity index (χ0) is 15.8. The first-order chi connectivity index (χ1) is 9.99. The molecule has 0 saturated heterocycles. The van der Waals surface area contributed by atoms with Crippen LogP contribution in [-0.2, 0) is 14.3 Å². The van der Waals surface area contributed by atoms with Crippen LogP contribution in [-0.4, -0.2) is 30.9 Å². The lowest BCUT2D eigenvalue weighted by atomic mass is 10.1. The van der Waals surface area contributed by atoms with Crippen LogP contribution < -0.4 is 10.6 Å². The standard InChI is InChI=1S/C15H16N2O4/c1-4-7-13(15(20)21-3)17-14(19)11-8-5-6-9-12(11)16-10(2)18/h1,5-6,8-9,13H,7H2,2-3H3,(H,16,18)(H,17,19)/t13-/m1/s1. The predicted octanol–water partition coefficient (Wildman–Crippen LogP) is 0.940. The Balaban J connectivity index is 2.95. The second-order valence-electron chi connectivity index (χ2n) is 4.18. The smallest absolute Gasteiger partial charge is 0.329 e. The van der Waals surface area contributed by atoms with Gasteiger partial charge >= 0.3 is 5.97 Å². The number of methoxy groups -OCH3 is 1. The molecule has 2 N–H and O–H groups in total. The van der Waals surface area contributed by atoms with Gasteiger partial charge in [-0.15, -0.1) is 12.3 Å². The molecule has 110 valence electrons. The summed E-state index contributed by atoms with van der Waals surface area (Å²) >= 11 is 0. The van der Waals surface area contributed by atoms with Crippen LogP contribution >= 0.6 is 0 Å². The summed E-state index contributed by atoms with van der Waals surface area (Å²) in [6, 6.07) is 5.52. The second kappa shape index (κ2) is 7.70. The quantitative estimate of drug-likeness (QED) is 0.624. The van der Waals surface area contributed by atoms with Crippen LogP contribution in [0.2, 0.25) is 0 Å². The van der Waals surface area contributed by atoms with Crippen LogP contribution in [0.5, 0.6) is 0 Å². The predicted molar refractivity (Wildman–Crippen MR) is 77.5 cm³/mol. The molecule has 0 aliphatic carbocycles. The third-order valence-electron chi connectivity index (χ3n) is 2.60. The normalized spacial score (nSPS) is 10.9.